The van der Waals surface area contributed by atoms with E-state index in [1.807, 2.05) is 6.92 Å². The highest BCUT2D eigenvalue weighted by molar-refractivity contribution is 6.00. The molecule has 0 unspecified atom stereocenters. The minimum atomic E-state index is -4.73. The zero-order valence-corrected chi connectivity index (χ0v) is 14.1. The van der Waals surface area contributed by atoms with Crippen molar-refractivity contribution in [1.29, 1.82) is 0 Å². The van der Waals surface area contributed by atoms with E-state index in [2.05, 4.69) is 4.74 Å². The first-order valence-corrected chi connectivity index (χ1v) is 8.57. The number of benzene rings is 1. The SMILES string of the molecule is CC[C@]1(O)CC[C@@]2(CCN(c3ccc(OC(F)(F)F)cc3)C2=O)CC1. The van der Waals surface area contributed by atoms with Crippen molar-refractivity contribution in [3.05, 3.63) is 24.3 Å². The molecule has 2 fully saturated rings. The molecule has 2 aliphatic rings. The topological polar surface area (TPSA) is 49.8 Å². The number of hydrogen-bond acceptors (Lipinski definition) is 3. The summed E-state index contributed by atoms with van der Waals surface area (Å²) in [6, 6.07) is 5.39. The summed E-state index contributed by atoms with van der Waals surface area (Å²) in [6.07, 6.45) is -0.798. The molecule has 0 atom stereocenters. The Labute approximate surface area is 144 Å². The molecule has 1 spiro atoms. The summed E-state index contributed by atoms with van der Waals surface area (Å²) in [6.45, 7) is 2.49. The van der Waals surface area contributed by atoms with Gasteiger partial charge in [-0.15, -0.1) is 13.2 Å². The summed E-state index contributed by atoms with van der Waals surface area (Å²) in [4.78, 5) is 14.6. The predicted molar refractivity (Wildman–Crippen MR) is 86.2 cm³/mol. The van der Waals surface area contributed by atoms with Gasteiger partial charge in [0.25, 0.3) is 0 Å². The number of anilines is 1. The predicted octanol–water partition coefficient (Wildman–Crippen LogP) is 4.02. The number of nitrogens with zero attached hydrogens (tertiary/aromatic N) is 1. The third-order valence-corrected chi connectivity index (χ3v) is 5.69. The second-order valence-corrected chi connectivity index (χ2v) is 7.11. The number of carbonyl (C=O) groups is 1. The minimum Gasteiger partial charge on any atom is -0.406 e. The molecule has 1 aromatic rings. The van der Waals surface area contributed by atoms with Gasteiger partial charge in [0, 0.05) is 12.2 Å². The molecule has 7 heteroatoms. The van der Waals surface area contributed by atoms with E-state index in [9.17, 15) is 23.1 Å². The van der Waals surface area contributed by atoms with E-state index in [1.165, 1.54) is 24.3 Å². The summed E-state index contributed by atoms with van der Waals surface area (Å²) in [5, 5.41) is 10.4. The first-order valence-electron chi connectivity index (χ1n) is 8.57. The lowest BCUT2D eigenvalue weighted by atomic mass is 9.67. The molecule has 1 saturated carbocycles. The van der Waals surface area contributed by atoms with Crippen LogP contribution >= 0.6 is 0 Å². The third-order valence-electron chi connectivity index (χ3n) is 5.69. The van der Waals surface area contributed by atoms with E-state index in [1.54, 1.807) is 4.90 Å². The van der Waals surface area contributed by atoms with Crippen molar-refractivity contribution in [2.75, 3.05) is 11.4 Å². The van der Waals surface area contributed by atoms with E-state index in [0.29, 0.717) is 50.8 Å². The molecule has 1 saturated heterocycles. The maximum absolute atomic E-state index is 12.9. The van der Waals surface area contributed by atoms with Crippen LogP contribution in [-0.4, -0.2) is 29.5 Å². The van der Waals surface area contributed by atoms with Gasteiger partial charge in [0.15, 0.2) is 0 Å². The standard InChI is InChI=1S/C18H22F3NO3/c1-2-17(24)9-7-16(8-10-17)11-12-22(15(16)23)13-3-5-14(6-4-13)25-18(19,20)21/h3-6,24H,2,7-12H2,1H3/t16-,17-. The minimum absolute atomic E-state index is 0.00939. The number of aliphatic hydroxyl groups is 1. The van der Waals surface area contributed by atoms with Crippen molar-refractivity contribution >= 4 is 11.6 Å². The summed E-state index contributed by atoms with van der Waals surface area (Å²) in [5.41, 5.74) is -0.536. The van der Waals surface area contributed by atoms with Gasteiger partial charge >= 0.3 is 6.36 Å². The van der Waals surface area contributed by atoms with Crippen molar-refractivity contribution in [1.82, 2.24) is 0 Å². The average molecular weight is 357 g/mol. The number of ether oxygens (including phenoxy) is 1. The number of alkyl halides is 3. The second-order valence-electron chi connectivity index (χ2n) is 7.11. The summed E-state index contributed by atoms with van der Waals surface area (Å²) < 4.78 is 40.5. The van der Waals surface area contributed by atoms with Crippen LogP contribution in [0.2, 0.25) is 0 Å². The summed E-state index contributed by atoms with van der Waals surface area (Å²) >= 11 is 0. The van der Waals surface area contributed by atoms with Crippen LogP contribution in [0.15, 0.2) is 24.3 Å². The Morgan fingerprint density at radius 1 is 1.12 bits per heavy atom. The van der Waals surface area contributed by atoms with Crippen molar-refractivity contribution in [3.8, 4) is 5.75 Å². The highest BCUT2D eigenvalue weighted by Crippen LogP contribution is 2.49. The summed E-state index contributed by atoms with van der Waals surface area (Å²) in [7, 11) is 0. The molecule has 1 heterocycles. The Hall–Kier alpha value is -1.76. The lowest BCUT2D eigenvalue weighted by Gasteiger charge is -2.40. The van der Waals surface area contributed by atoms with Gasteiger partial charge in [-0.25, -0.2) is 0 Å². The highest BCUT2D eigenvalue weighted by Gasteiger charge is 2.51. The lowest BCUT2D eigenvalue weighted by molar-refractivity contribution is -0.274. The van der Waals surface area contributed by atoms with Crippen LogP contribution in [0, 0.1) is 5.41 Å². The average Bonchev–Trinajstić information content (AvgIpc) is 2.87. The van der Waals surface area contributed by atoms with E-state index < -0.39 is 17.4 Å². The zero-order valence-electron chi connectivity index (χ0n) is 14.1. The van der Waals surface area contributed by atoms with Crippen LogP contribution in [0.1, 0.15) is 45.4 Å². The Kier molecular flexibility index (Phi) is 4.47. The number of hydrogen-bond donors (Lipinski definition) is 1. The quantitative estimate of drug-likeness (QED) is 0.889. The molecule has 0 aromatic heterocycles. The molecule has 1 aromatic carbocycles. The van der Waals surface area contributed by atoms with Crippen LogP contribution in [0.3, 0.4) is 0 Å². The maximum Gasteiger partial charge on any atom is 0.573 e. The maximum atomic E-state index is 12.9. The smallest absolute Gasteiger partial charge is 0.406 e. The fourth-order valence-electron chi connectivity index (χ4n) is 3.91. The normalized spacial score (nSPS) is 30.1. The number of halogens is 3. The fraction of sp³-hybridized carbons (Fsp3) is 0.611. The molecule has 0 bridgehead atoms. The van der Waals surface area contributed by atoms with Gasteiger partial charge in [-0.3, -0.25) is 4.79 Å². The number of carbonyl (C=O) groups excluding carboxylic acids is 1. The molecule has 0 radical (unpaired) electrons. The molecular weight excluding hydrogens is 335 g/mol. The molecular formula is C18H22F3NO3. The Morgan fingerprint density at radius 2 is 1.72 bits per heavy atom. The monoisotopic (exact) mass is 357 g/mol. The molecule has 3 rings (SSSR count). The van der Waals surface area contributed by atoms with Gasteiger partial charge < -0.3 is 14.7 Å². The van der Waals surface area contributed by atoms with Crippen LogP contribution in [0.5, 0.6) is 5.75 Å². The Balaban J connectivity index is 1.70. The molecule has 1 aliphatic heterocycles. The Bertz CT molecular complexity index is 634. The zero-order chi connectivity index (χ0) is 18.3. The number of amides is 1. The summed E-state index contributed by atoms with van der Waals surface area (Å²) in [5.74, 6) is -0.293. The van der Waals surface area contributed by atoms with Crippen molar-refractivity contribution < 1.29 is 27.8 Å². The van der Waals surface area contributed by atoms with Gasteiger partial charge in [0.1, 0.15) is 5.75 Å². The van der Waals surface area contributed by atoms with Gasteiger partial charge in [0.2, 0.25) is 5.91 Å². The van der Waals surface area contributed by atoms with Crippen molar-refractivity contribution in [2.45, 2.75) is 57.4 Å². The molecule has 1 N–H and O–H groups in total. The van der Waals surface area contributed by atoms with Crippen molar-refractivity contribution in [3.63, 3.8) is 0 Å². The molecule has 1 amide bonds. The van der Waals surface area contributed by atoms with Gasteiger partial charge in [-0.2, -0.15) is 0 Å². The lowest BCUT2D eigenvalue weighted by Crippen LogP contribution is -2.43. The molecule has 1 aliphatic carbocycles. The van der Waals surface area contributed by atoms with E-state index in [0.717, 1.165) is 0 Å². The van der Waals surface area contributed by atoms with Gasteiger partial charge in [0.05, 0.1) is 11.0 Å². The highest BCUT2D eigenvalue weighted by atomic mass is 19.4. The van der Waals surface area contributed by atoms with E-state index in [4.69, 9.17) is 0 Å². The van der Waals surface area contributed by atoms with E-state index >= 15 is 0 Å². The number of rotatable bonds is 3. The Morgan fingerprint density at radius 3 is 2.24 bits per heavy atom. The first-order chi connectivity index (χ1) is 11.7. The van der Waals surface area contributed by atoms with Gasteiger partial charge in [-0.05, 0) is 62.8 Å². The van der Waals surface area contributed by atoms with Crippen molar-refractivity contribution in [2.24, 2.45) is 5.41 Å². The van der Waals surface area contributed by atoms with Crippen LogP contribution in [-0.2, 0) is 4.79 Å². The molecule has 4 nitrogen and oxygen atoms in total. The third kappa shape index (κ3) is 3.61. The van der Waals surface area contributed by atoms with Crippen LogP contribution in [0.4, 0.5) is 18.9 Å². The van der Waals surface area contributed by atoms with Crippen LogP contribution in [0.25, 0.3) is 0 Å². The van der Waals surface area contributed by atoms with Crippen LogP contribution < -0.4 is 9.64 Å². The largest absolute Gasteiger partial charge is 0.573 e. The fourth-order valence-corrected chi connectivity index (χ4v) is 3.91. The molecule has 138 valence electrons. The molecule has 25 heavy (non-hydrogen) atoms. The van der Waals surface area contributed by atoms with E-state index in [-0.39, 0.29) is 11.7 Å². The first kappa shape index (κ1) is 18.0. The van der Waals surface area contributed by atoms with Gasteiger partial charge in [-0.1, -0.05) is 6.92 Å². The second kappa shape index (κ2) is 6.20.